The van der Waals surface area contributed by atoms with Crippen molar-refractivity contribution >= 4 is 16.5 Å². The van der Waals surface area contributed by atoms with Crippen LogP contribution in [0.5, 0.6) is 5.75 Å². The largest absolute Gasteiger partial charge is 0.494 e. The van der Waals surface area contributed by atoms with Crippen molar-refractivity contribution in [2.45, 2.75) is 6.54 Å². The number of methoxy groups -OCH3 is 1. The first-order chi connectivity index (χ1) is 10.3. The lowest BCUT2D eigenvalue weighted by atomic mass is 10.1. The second-order valence-electron chi connectivity index (χ2n) is 4.76. The normalized spacial score (nSPS) is 10.6. The molecule has 0 saturated heterocycles. The van der Waals surface area contributed by atoms with Gasteiger partial charge in [0.2, 0.25) is 0 Å². The number of hydrogen-bond donors (Lipinski definition) is 1. The van der Waals surface area contributed by atoms with Gasteiger partial charge >= 0.3 is 0 Å². The maximum atomic E-state index is 13.6. The molecule has 0 saturated carbocycles. The predicted molar refractivity (Wildman–Crippen MR) is 82.0 cm³/mol. The van der Waals surface area contributed by atoms with E-state index < -0.39 is 0 Å². The van der Waals surface area contributed by atoms with E-state index in [4.69, 9.17) is 4.74 Å². The van der Waals surface area contributed by atoms with Gasteiger partial charge in [-0.1, -0.05) is 12.1 Å². The van der Waals surface area contributed by atoms with Crippen LogP contribution in [-0.4, -0.2) is 12.1 Å². The molecule has 3 nitrogen and oxygen atoms in total. The van der Waals surface area contributed by atoms with E-state index in [9.17, 15) is 4.39 Å². The van der Waals surface area contributed by atoms with Crippen LogP contribution >= 0.6 is 0 Å². The van der Waals surface area contributed by atoms with Crippen molar-refractivity contribution < 1.29 is 9.13 Å². The topological polar surface area (TPSA) is 34.1 Å². The summed E-state index contributed by atoms with van der Waals surface area (Å²) < 4.78 is 18.5. The summed E-state index contributed by atoms with van der Waals surface area (Å²) in [6.07, 6.45) is 3.61. The maximum Gasteiger partial charge on any atom is 0.167 e. The Labute approximate surface area is 122 Å². The molecule has 0 aliphatic rings. The molecule has 0 aliphatic heterocycles. The number of nitrogens with one attached hydrogen (secondary N) is 1. The molecule has 1 aromatic heterocycles. The first-order valence-electron chi connectivity index (χ1n) is 6.66. The van der Waals surface area contributed by atoms with Gasteiger partial charge in [0.25, 0.3) is 0 Å². The lowest BCUT2D eigenvalue weighted by Gasteiger charge is -2.09. The van der Waals surface area contributed by atoms with Gasteiger partial charge in [-0.25, -0.2) is 4.39 Å². The van der Waals surface area contributed by atoms with Gasteiger partial charge < -0.3 is 10.1 Å². The van der Waals surface area contributed by atoms with E-state index in [-0.39, 0.29) is 11.6 Å². The summed E-state index contributed by atoms with van der Waals surface area (Å²) in [6, 6.07) is 13.0. The fourth-order valence-electron chi connectivity index (χ4n) is 2.22. The molecule has 0 aliphatic carbocycles. The number of ether oxygens (including phenoxy) is 1. The number of benzene rings is 2. The standard InChI is InChI=1S/C17H15FN2O/c1-21-17-5-4-15(9-16(17)18)20-10-12-2-3-14-11-19-7-6-13(14)8-12/h2-9,11,20H,10H2,1H3. The molecule has 0 radical (unpaired) electrons. The first-order valence-corrected chi connectivity index (χ1v) is 6.66. The van der Waals surface area contributed by atoms with Crippen LogP contribution in [0.25, 0.3) is 10.8 Å². The average molecular weight is 282 g/mol. The van der Waals surface area contributed by atoms with Crippen LogP contribution in [0.15, 0.2) is 54.9 Å². The molecule has 1 N–H and O–H groups in total. The molecule has 0 amide bonds. The van der Waals surface area contributed by atoms with Crippen LogP contribution in [0.2, 0.25) is 0 Å². The third-order valence-electron chi connectivity index (χ3n) is 3.35. The zero-order valence-electron chi connectivity index (χ0n) is 11.6. The average Bonchev–Trinajstić information content (AvgIpc) is 2.53. The molecule has 106 valence electrons. The molecule has 0 unspecified atom stereocenters. The highest BCUT2D eigenvalue weighted by Crippen LogP contribution is 2.21. The number of hydrogen-bond acceptors (Lipinski definition) is 3. The number of rotatable bonds is 4. The van der Waals surface area contributed by atoms with Crippen LogP contribution in [0.1, 0.15) is 5.56 Å². The maximum absolute atomic E-state index is 13.6. The number of halogens is 1. The SMILES string of the molecule is COc1ccc(NCc2ccc3cnccc3c2)cc1F. The van der Waals surface area contributed by atoms with E-state index in [0.717, 1.165) is 22.0 Å². The molecule has 0 bridgehead atoms. The third kappa shape index (κ3) is 2.94. The minimum absolute atomic E-state index is 0.249. The molecular formula is C17H15FN2O. The Morgan fingerprint density at radius 3 is 2.81 bits per heavy atom. The van der Waals surface area contributed by atoms with Gasteiger partial charge in [-0.2, -0.15) is 0 Å². The number of fused-ring (bicyclic) bond motifs is 1. The molecule has 0 atom stereocenters. The molecule has 1 heterocycles. The minimum Gasteiger partial charge on any atom is -0.494 e. The van der Waals surface area contributed by atoms with E-state index in [1.54, 1.807) is 18.3 Å². The van der Waals surface area contributed by atoms with Gasteiger partial charge in [0, 0.05) is 36.1 Å². The van der Waals surface area contributed by atoms with E-state index in [2.05, 4.69) is 16.4 Å². The zero-order valence-corrected chi connectivity index (χ0v) is 11.6. The monoisotopic (exact) mass is 282 g/mol. The Bertz CT molecular complexity index is 774. The van der Waals surface area contributed by atoms with Crippen molar-refractivity contribution in [2.75, 3.05) is 12.4 Å². The third-order valence-corrected chi connectivity index (χ3v) is 3.35. The van der Waals surface area contributed by atoms with Crippen LogP contribution in [0.3, 0.4) is 0 Å². The summed E-state index contributed by atoms with van der Waals surface area (Å²) in [6.45, 7) is 0.629. The van der Waals surface area contributed by atoms with Crippen LogP contribution in [-0.2, 0) is 6.54 Å². The van der Waals surface area contributed by atoms with Gasteiger partial charge in [-0.3, -0.25) is 4.98 Å². The number of anilines is 1. The smallest absolute Gasteiger partial charge is 0.167 e. The zero-order chi connectivity index (χ0) is 14.7. The van der Waals surface area contributed by atoms with Gasteiger partial charge in [-0.15, -0.1) is 0 Å². The van der Waals surface area contributed by atoms with Gasteiger partial charge in [0.1, 0.15) is 0 Å². The fraction of sp³-hybridized carbons (Fsp3) is 0.118. The summed E-state index contributed by atoms with van der Waals surface area (Å²) in [5.41, 5.74) is 1.85. The van der Waals surface area contributed by atoms with E-state index in [0.29, 0.717) is 6.54 Å². The molecule has 3 rings (SSSR count). The molecule has 2 aromatic carbocycles. The Kier molecular flexibility index (Phi) is 3.69. The highest BCUT2D eigenvalue weighted by atomic mass is 19.1. The molecular weight excluding hydrogens is 267 g/mol. The second-order valence-corrected chi connectivity index (χ2v) is 4.76. The van der Waals surface area contributed by atoms with Crippen LogP contribution in [0.4, 0.5) is 10.1 Å². The van der Waals surface area contributed by atoms with Gasteiger partial charge in [-0.05, 0) is 35.2 Å². The second kappa shape index (κ2) is 5.79. The van der Waals surface area contributed by atoms with Crippen molar-refractivity contribution in [3.05, 3.63) is 66.2 Å². The van der Waals surface area contributed by atoms with Crippen molar-refractivity contribution in [1.29, 1.82) is 0 Å². The summed E-state index contributed by atoms with van der Waals surface area (Å²) in [4.78, 5) is 4.09. The van der Waals surface area contributed by atoms with E-state index >= 15 is 0 Å². The van der Waals surface area contributed by atoms with Crippen LogP contribution < -0.4 is 10.1 Å². The van der Waals surface area contributed by atoms with Gasteiger partial charge in [0.05, 0.1) is 7.11 Å². The summed E-state index contributed by atoms with van der Waals surface area (Å²) in [5, 5.41) is 5.46. The van der Waals surface area contributed by atoms with E-state index in [1.807, 2.05) is 24.4 Å². The first kappa shape index (κ1) is 13.4. The summed E-state index contributed by atoms with van der Waals surface area (Å²) >= 11 is 0. The Morgan fingerprint density at radius 2 is 2.00 bits per heavy atom. The number of aromatic nitrogens is 1. The molecule has 3 aromatic rings. The molecule has 21 heavy (non-hydrogen) atoms. The number of nitrogens with zero attached hydrogens (tertiary/aromatic N) is 1. The summed E-state index contributed by atoms with van der Waals surface area (Å²) in [7, 11) is 1.45. The molecule has 4 heteroatoms. The fourth-order valence-corrected chi connectivity index (χ4v) is 2.22. The van der Waals surface area contributed by atoms with Crippen molar-refractivity contribution in [2.24, 2.45) is 0 Å². The highest BCUT2D eigenvalue weighted by Gasteiger charge is 2.03. The molecule has 0 fully saturated rings. The lowest BCUT2D eigenvalue weighted by Crippen LogP contribution is -2.00. The predicted octanol–water partition coefficient (Wildman–Crippen LogP) is 3.99. The van der Waals surface area contributed by atoms with E-state index in [1.165, 1.54) is 13.2 Å². The quantitative estimate of drug-likeness (QED) is 0.785. The Morgan fingerprint density at radius 1 is 1.10 bits per heavy atom. The molecule has 0 spiro atoms. The lowest BCUT2D eigenvalue weighted by molar-refractivity contribution is 0.386. The van der Waals surface area contributed by atoms with Crippen LogP contribution in [0, 0.1) is 5.82 Å². The van der Waals surface area contributed by atoms with Crippen molar-refractivity contribution in [3.63, 3.8) is 0 Å². The number of pyridine rings is 1. The minimum atomic E-state index is -0.368. The Hall–Kier alpha value is -2.62. The van der Waals surface area contributed by atoms with Crippen molar-refractivity contribution in [1.82, 2.24) is 4.98 Å². The summed E-state index contributed by atoms with van der Waals surface area (Å²) in [5.74, 6) is -0.120. The Balaban J connectivity index is 1.75. The highest BCUT2D eigenvalue weighted by molar-refractivity contribution is 5.82. The van der Waals surface area contributed by atoms with Crippen molar-refractivity contribution in [3.8, 4) is 5.75 Å². The van der Waals surface area contributed by atoms with Gasteiger partial charge in [0.15, 0.2) is 11.6 Å².